The van der Waals surface area contributed by atoms with Crippen molar-refractivity contribution in [2.45, 2.75) is 6.10 Å². The summed E-state index contributed by atoms with van der Waals surface area (Å²) in [5.74, 6) is -0.499. The molecule has 1 unspecified atom stereocenters. The van der Waals surface area contributed by atoms with Crippen molar-refractivity contribution in [3.05, 3.63) is 37.3 Å². The van der Waals surface area contributed by atoms with Crippen LogP contribution >= 0.6 is 0 Å². The van der Waals surface area contributed by atoms with Gasteiger partial charge in [0.15, 0.2) is 0 Å². The SMILES string of the molecule is [CH2]C(O)C(=O)Nc1ccccc1. The molecule has 2 N–H and O–H groups in total. The van der Waals surface area contributed by atoms with Gasteiger partial charge in [-0.1, -0.05) is 18.2 Å². The Morgan fingerprint density at radius 2 is 2.00 bits per heavy atom. The summed E-state index contributed by atoms with van der Waals surface area (Å²) in [7, 11) is 0. The summed E-state index contributed by atoms with van der Waals surface area (Å²) in [4.78, 5) is 10.9. The highest BCUT2D eigenvalue weighted by Gasteiger charge is 2.07. The number of hydrogen-bond donors (Lipinski definition) is 2. The number of anilines is 1. The van der Waals surface area contributed by atoms with Crippen LogP contribution in [0.5, 0.6) is 0 Å². The van der Waals surface area contributed by atoms with E-state index < -0.39 is 12.0 Å². The Morgan fingerprint density at radius 1 is 1.42 bits per heavy atom. The molecule has 63 valence electrons. The summed E-state index contributed by atoms with van der Waals surface area (Å²) >= 11 is 0. The molecule has 0 spiro atoms. The second kappa shape index (κ2) is 3.88. The Labute approximate surface area is 71.0 Å². The van der Waals surface area contributed by atoms with Crippen LogP contribution in [0.15, 0.2) is 30.3 Å². The van der Waals surface area contributed by atoms with Crippen LogP contribution in [0.2, 0.25) is 0 Å². The summed E-state index contributed by atoms with van der Waals surface area (Å²) in [6.07, 6.45) is -1.22. The van der Waals surface area contributed by atoms with Gasteiger partial charge in [-0.25, -0.2) is 0 Å². The number of aliphatic hydroxyl groups is 1. The van der Waals surface area contributed by atoms with Gasteiger partial charge in [0.05, 0.1) is 0 Å². The molecule has 0 heterocycles. The fourth-order valence-corrected chi connectivity index (χ4v) is 0.747. The van der Waals surface area contributed by atoms with E-state index in [0.717, 1.165) is 0 Å². The number of hydrogen-bond acceptors (Lipinski definition) is 2. The van der Waals surface area contributed by atoms with Gasteiger partial charge in [-0.05, 0) is 19.1 Å². The van der Waals surface area contributed by atoms with Crippen molar-refractivity contribution in [3.8, 4) is 0 Å². The van der Waals surface area contributed by atoms with E-state index in [2.05, 4.69) is 12.2 Å². The molecule has 0 aliphatic carbocycles. The fraction of sp³-hybridized carbons (Fsp3) is 0.111. The molecule has 0 aromatic heterocycles. The van der Waals surface area contributed by atoms with E-state index >= 15 is 0 Å². The van der Waals surface area contributed by atoms with Crippen molar-refractivity contribution >= 4 is 11.6 Å². The minimum absolute atomic E-state index is 0.499. The van der Waals surface area contributed by atoms with Crippen molar-refractivity contribution in [1.29, 1.82) is 0 Å². The molecular weight excluding hydrogens is 154 g/mol. The fourth-order valence-electron chi connectivity index (χ4n) is 0.747. The molecule has 0 aliphatic heterocycles. The largest absolute Gasteiger partial charge is 0.383 e. The maximum atomic E-state index is 10.9. The molecule has 3 nitrogen and oxygen atoms in total. The number of rotatable bonds is 2. The van der Waals surface area contributed by atoms with Gasteiger partial charge in [0.1, 0.15) is 6.10 Å². The second-order valence-electron chi connectivity index (χ2n) is 2.37. The Morgan fingerprint density at radius 3 is 2.50 bits per heavy atom. The highest BCUT2D eigenvalue weighted by molar-refractivity contribution is 5.94. The number of benzene rings is 1. The molecule has 0 bridgehead atoms. The van der Waals surface area contributed by atoms with E-state index in [1.54, 1.807) is 24.3 Å². The van der Waals surface area contributed by atoms with Gasteiger partial charge in [-0.3, -0.25) is 4.79 Å². The summed E-state index contributed by atoms with van der Waals surface area (Å²) in [5.41, 5.74) is 0.658. The van der Waals surface area contributed by atoms with Gasteiger partial charge in [0, 0.05) is 5.69 Å². The lowest BCUT2D eigenvalue weighted by Crippen LogP contribution is -2.24. The first-order valence-electron chi connectivity index (χ1n) is 3.57. The normalized spacial score (nSPS) is 12.2. The lowest BCUT2D eigenvalue weighted by Gasteiger charge is -2.05. The van der Waals surface area contributed by atoms with E-state index in [1.165, 1.54) is 0 Å². The Kier molecular flexibility index (Phi) is 2.82. The predicted octanol–water partition coefficient (Wildman–Crippen LogP) is 0.820. The minimum atomic E-state index is -1.22. The van der Waals surface area contributed by atoms with Gasteiger partial charge in [0.25, 0.3) is 5.91 Å². The van der Waals surface area contributed by atoms with Crippen LogP contribution in [0.3, 0.4) is 0 Å². The monoisotopic (exact) mass is 164 g/mol. The topological polar surface area (TPSA) is 49.3 Å². The van der Waals surface area contributed by atoms with E-state index in [0.29, 0.717) is 5.69 Å². The molecular formula is C9H10NO2. The average molecular weight is 164 g/mol. The smallest absolute Gasteiger partial charge is 0.253 e. The minimum Gasteiger partial charge on any atom is -0.383 e. The average Bonchev–Trinajstić information content (AvgIpc) is 2.06. The third-order valence-electron chi connectivity index (χ3n) is 1.34. The van der Waals surface area contributed by atoms with Crippen LogP contribution in [0.25, 0.3) is 0 Å². The standard InChI is InChI=1S/C9H10NO2/c1-7(11)9(12)10-8-5-3-2-4-6-8/h2-7,11H,1H2,(H,10,12). The van der Waals surface area contributed by atoms with Crippen LogP contribution in [0, 0.1) is 6.92 Å². The number of aliphatic hydroxyl groups excluding tert-OH is 1. The number of carbonyl (C=O) groups is 1. The van der Waals surface area contributed by atoms with Gasteiger partial charge in [-0.15, -0.1) is 0 Å². The van der Waals surface area contributed by atoms with Gasteiger partial charge < -0.3 is 10.4 Å². The molecule has 1 radical (unpaired) electrons. The Hall–Kier alpha value is -1.35. The van der Waals surface area contributed by atoms with Crippen LogP contribution in [-0.4, -0.2) is 17.1 Å². The molecule has 0 fully saturated rings. The van der Waals surface area contributed by atoms with Crippen molar-refractivity contribution in [2.24, 2.45) is 0 Å². The second-order valence-corrected chi connectivity index (χ2v) is 2.37. The molecule has 0 saturated carbocycles. The molecule has 1 amide bonds. The highest BCUT2D eigenvalue weighted by atomic mass is 16.3. The van der Waals surface area contributed by atoms with Crippen LogP contribution in [-0.2, 0) is 4.79 Å². The predicted molar refractivity (Wildman–Crippen MR) is 46.4 cm³/mol. The maximum Gasteiger partial charge on any atom is 0.253 e. The number of amides is 1. The van der Waals surface area contributed by atoms with Gasteiger partial charge in [-0.2, -0.15) is 0 Å². The molecule has 1 aromatic rings. The maximum absolute atomic E-state index is 10.9. The van der Waals surface area contributed by atoms with Gasteiger partial charge >= 0.3 is 0 Å². The molecule has 1 atom stereocenters. The van der Waals surface area contributed by atoms with Crippen molar-refractivity contribution in [2.75, 3.05) is 5.32 Å². The molecule has 1 rings (SSSR count). The van der Waals surface area contributed by atoms with E-state index in [9.17, 15) is 4.79 Å². The van der Waals surface area contributed by atoms with Crippen molar-refractivity contribution in [1.82, 2.24) is 0 Å². The first kappa shape index (κ1) is 8.74. The van der Waals surface area contributed by atoms with Gasteiger partial charge in [0.2, 0.25) is 0 Å². The molecule has 12 heavy (non-hydrogen) atoms. The van der Waals surface area contributed by atoms with E-state index in [4.69, 9.17) is 5.11 Å². The van der Waals surface area contributed by atoms with Crippen LogP contribution in [0.1, 0.15) is 0 Å². The molecule has 0 saturated heterocycles. The lowest BCUT2D eigenvalue weighted by molar-refractivity contribution is -0.122. The third kappa shape index (κ3) is 2.36. The first-order chi connectivity index (χ1) is 5.70. The highest BCUT2D eigenvalue weighted by Crippen LogP contribution is 2.04. The quantitative estimate of drug-likeness (QED) is 0.679. The zero-order chi connectivity index (χ0) is 8.97. The Balaban J connectivity index is 2.59. The van der Waals surface area contributed by atoms with Crippen molar-refractivity contribution in [3.63, 3.8) is 0 Å². The first-order valence-corrected chi connectivity index (χ1v) is 3.57. The summed E-state index contributed by atoms with van der Waals surface area (Å²) < 4.78 is 0. The third-order valence-corrected chi connectivity index (χ3v) is 1.34. The molecule has 1 aromatic carbocycles. The number of nitrogens with one attached hydrogen (secondary N) is 1. The van der Waals surface area contributed by atoms with Crippen molar-refractivity contribution < 1.29 is 9.90 Å². The molecule has 3 heteroatoms. The van der Waals surface area contributed by atoms with Crippen LogP contribution in [0.4, 0.5) is 5.69 Å². The summed E-state index contributed by atoms with van der Waals surface area (Å²) in [5, 5.41) is 11.2. The summed E-state index contributed by atoms with van der Waals surface area (Å²) in [6, 6.07) is 8.91. The zero-order valence-corrected chi connectivity index (χ0v) is 6.53. The number of carbonyl (C=O) groups excluding carboxylic acids is 1. The lowest BCUT2D eigenvalue weighted by atomic mass is 10.3. The zero-order valence-electron chi connectivity index (χ0n) is 6.53. The van der Waals surface area contributed by atoms with E-state index in [-0.39, 0.29) is 0 Å². The van der Waals surface area contributed by atoms with Crippen LogP contribution < -0.4 is 5.32 Å². The Bertz CT molecular complexity index is 256. The number of para-hydroxylation sites is 1. The molecule has 0 aliphatic rings. The summed E-state index contributed by atoms with van der Waals surface area (Å²) in [6.45, 7) is 3.18. The van der Waals surface area contributed by atoms with E-state index in [1.807, 2.05) is 6.07 Å².